The van der Waals surface area contributed by atoms with E-state index in [4.69, 9.17) is 0 Å². The topological polar surface area (TPSA) is 77.9 Å². The lowest BCUT2D eigenvalue weighted by atomic mass is 10.0. The number of carbonyl (C=O) groups is 1. The summed E-state index contributed by atoms with van der Waals surface area (Å²) in [6, 6.07) is 13.6. The van der Waals surface area contributed by atoms with E-state index in [9.17, 15) is 18.3 Å². The molecule has 2 aromatic carbocycles. The van der Waals surface area contributed by atoms with Crippen LogP contribution in [-0.2, 0) is 21.2 Å². The Hall–Kier alpha value is -2.38. The minimum Gasteiger partial charge on any atom is -0.508 e. The molecule has 1 fully saturated rings. The first-order valence-electron chi connectivity index (χ1n) is 9.43. The highest BCUT2D eigenvalue weighted by Crippen LogP contribution is 2.21. The highest BCUT2D eigenvalue weighted by atomic mass is 32.2. The predicted octanol–water partition coefficient (Wildman–Crippen LogP) is 2.59. The average Bonchev–Trinajstić information content (AvgIpc) is 2.70. The molecule has 1 N–H and O–H groups in total. The van der Waals surface area contributed by atoms with E-state index >= 15 is 0 Å². The standard InChI is InChI=1S/C21H26N2O4S/c1-16(2)18-5-9-20(10-6-18)28(26,27)23-13-11-22(12-14-23)21(25)15-17-3-7-19(24)8-4-17/h3-10,16,24H,11-15H2,1-2H3. The van der Waals surface area contributed by atoms with Crippen molar-refractivity contribution >= 4 is 15.9 Å². The quantitative estimate of drug-likeness (QED) is 0.834. The number of carbonyl (C=O) groups excluding carboxylic acids is 1. The van der Waals surface area contributed by atoms with Crippen LogP contribution in [0.3, 0.4) is 0 Å². The second-order valence-electron chi connectivity index (χ2n) is 7.35. The van der Waals surface area contributed by atoms with Crippen LogP contribution in [0.5, 0.6) is 5.75 Å². The van der Waals surface area contributed by atoms with Gasteiger partial charge in [0.25, 0.3) is 0 Å². The molecule has 150 valence electrons. The van der Waals surface area contributed by atoms with E-state index in [0.717, 1.165) is 11.1 Å². The van der Waals surface area contributed by atoms with Gasteiger partial charge < -0.3 is 10.0 Å². The molecule has 28 heavy (non-hydrogen) atoms. The largest absolute Gasteiger partial charge is 0.508 e. The molecule has 0 saturated carbocycles. The van der Waals surface area contributed by atoms with E-state index in [0.29, 0.717) is 23.9 Å². The van der Waals surface area contributed by atoms with Crippen LogP contribution >= 0.6 is 0 Å². The summed E-state index contributed by atoms with van der Waals surface area (Å²) < 4.78 is 27.2. The fourth-order valence-electron chi connectivity index (χ4n) is 3.25. The highest BCUT2D eigenvalue weighted by Gasteiger charge is 2.30. The Kier molecular flexibility index (Phi) is 6.05. The van der Waals surface area contributed by atoms with Crippen LogP contribution in [-0.4, -0.2) is 54.8 Å². The van der Waals surface area contributed by atoms with Gasteiger partial charge in [-0.3, -0.25) is 4.79 Å². The maximum absolute atomic E-state index is 12.9. The van der Waals surface area contributed by atoms with Crippen molar-refractivity contribution in [1.82, 2.24) is 9.21 Å². The number of sulfonamides is 1. The molecule has 0 aliphatic carbocycles. The molecule has 1 aliphatic rings. The van der Waals surface area contributed by atoms with Crippen molar-refractivity contribution in [2.45, 2.75) is 31.1 Å². The number of benzene rings is 2. The van der Waals surface area contributed by atoms with Crippen LogP contribution in [0.1, 0.15) is 30.9 Å². The molecule has 0 radical (unpaired) electrons. The number of nitrogens with zero attached hydrogens (tertiary/aromatic N) is 2. The number of phenols is 1. The molecule has 1 saturated heterocycles. The fourth-order valence-corrected chi connectivity index (χ4v) is 4.67. The molecular formula is C21H26N2O4S. The van der Waals surface area contributed by atoms with Crippen molar-refractivity contribution in [1.29, 1.82) is 0 Å². The zero-order chi connectivity index (χ0) is 20.3. The minimum atomic E-state index is -3.55. The molecule has 3 rings (SSSR count). The molecule has 2 aromatic rings. The van der Waals surface area contributed by atoms with E-state index in [1.807, 2.05) is 12.1 Å². The fraction of sp³-hybridized carbons (Fsp3) is 0.381. The molecule has 1 heterocycles. The van der Waals surface area contributed by atoms with Gasteiger partial charge >= 0.3 is 0 Å². The maximum atomic E-state index is 12.9. The first-order valence-corrected chi connectivity index (χ1v) is 10.9. The second-order valence-corrected chi connectivity index (χ2v) is 9.29. The summed E-state index contributed by atoms with van der Waals surface area (Å²) in [7, 11) is -3.55. The molecule has 0 aromatic heterocycles. The van der Waals surface area contributed by atoms with Crippen LogP contribution in [0, 0.1) is 0 Å². The number of aromatic hydroxyl groups is 1. The van der Waals surface area contributed by atoms with Crippen LogP contribution in [0.25, 0.3) is 0 Å². The smallest absolute Gasteiger partial charge is 0.243 e. The normalized spacial score (nSPS) is 15.8. The summed E-state index contributed by atoms with van der Waals surface area (Å²) in [6.45, 7) is 5.46. The third-order valence-corrected chi connectivity index (χ3v) is 6.98. The SMILES string of the molecule is CC(C)c1ccc(S(=O)(=O)N2CCN(C(=O)Cc3ccc(O)cc3)CC2)cc1. The summed E-state index contributed by atoms with van der Waals surface area (Å²) >= 11 is 0. The Morgan fingerprint density at radius 3 is 2.07 bits per heavy atom. The van der Waals surface area contributed by atoms with E-state index in [1.165, 1.54) is 4.31 Å². The van der Waals surface area contributed by atoms with Gasteiger partial charge in [0.15, 0.2) is 0 Å². The maximum Gasteiger partial charge on any atom is 0.243 e. The van der Waals surface area contributed by atoms with Gasteiger partial charge in [0.2, 0.25) is 15.9 Å². The Labute approximate surface area is 166 Å². The Balaban J connectivity index is 1.60. The Morgan fingerprint density at radius 2 is 1.54 bits per heavy atom. The lowest BCUT2D eigenvalue weighted by molar-refractivity contribution is -0.131. The summed E-state index contributed by atoms with van der Waals surface area (Å²) in [6.07, 6.45) is 0.240. The highest BCUT2D eigenvalue weighted by molar-refractivity contribution is 7.89. The van der Waals surface area contributed by atoms with Gasteiger partial charge in [0, 0.05) is 26.2 Å². The van der Waals surface area contributed by atoms with E-state index in [-0.39, 0.29) is 31.2 Å². The molecule has 1 amide bonds. The number of hydrogen-bond donors (Lipinski definition) is 1. The van der Waals surface area contributed by atoms with Crippen molar-refractivity contribution < 1.29 is 18.3 Å². The van der Waals surface area contributed by atoms with Crippen LogP contribution in [0.2, 0.25) is 0 Å². The van der Waals surface area contributed by atoms with Crippen molar-refractivity contribution in [2.75, 3.05) is 26.2 Å². The molecule has 0 spiro atoms. The Morgan fingerprint density at radius 1 is 0.964 bits per heavy atom. The van der Waals surface area contributed by atoms with Gasteiger partial charge in [-0.05, 0) is 41.3 Å². The van der Waals surface area contributed by atoms with Crippen LogP contribution < -0.4 is 0 Å². The molecule has 0 atom stereocenters. The van der Waals surface area contributed by atoms with Crippen molar-refractivity contribution in [3.8, 4) is 5.75 Å². The summed E-state index contributed by atoms with van der Waals surface area (Å²) in [5.74, 6) is 0.473. The summed E-state index contributed by atoms with van der Waals surface area (Å²) in [4.78, 5) is 14.5. The number of hydrogen-bond acceptors (Lipinski definition) is 4. The van der Waals surface area contributed by atoms with Crippen LogP contribution in [0.4, 0.5) is 0 Å². The van der Waals surface area contributed by atoms with E-state index < -0.39 is 10.0 Å². The van der Waals surface area contributed by atoms with Gasteiger partial charge in [0.05, 0.1) is 11.3 Å². The first-order chi connectivity index (χ1) is 13.3. The first kappa shape index (κ1) is 20.4. The zero-order valence-electron chi connectivity index (χ0n) is 16.2. The molecule has 7 heteroatoms. The predicted molar refractivity (Wildman–Crippen MR) is 108 cm³/mol. The molecule has 0 bridgehead atoms. The van der Waals surface area contributed by atoms with E-state index in [1.54, 1.807) is 41.3 Å². The third-order valence-electron chi connectivity index (χ3n) is 5.07. The van der Waals surface area contributed by atoms with Crippen LogP contribution in [0.15, 0.2) is 53.4 Å². The number of rotatable bonds is 5. The number of piperazine rings is 1. The summed E-state index contributed by atoms with van der Waals surface area (Å²) in [5.41, 5.74) is 1.92. The lowest BCUT2D eigenvalue weighted by Crippen LogP contribution is -2.50. The second kappa shape index (κ2) is 8.32. The monoisotopic (exact) mass is 402 g/mol. The Bertz CT molecular complexity index is 914. The molecule has 6 nitrogen and oxygen atoms in total. The summed E-state index contributed by atoms with van der Waals surface area (Å²) in [5, 5.41) is 9.32. The number of phenolic OH excluding ortho intramolecular Hbond substituents is 1. The molecule has 0 unspecified atom stereocenters. The van der Waals surface area contributed by atoms with Gasteiger partial charge in [-0.25, -0.2) is 8.42 Å². The molecule has 1 aliphatic heterocycles. The van der Waals surface area contributed by atoms with Gasteiger partial charge in [-0.15, -0.1) is 0 Å². The van der Waals surface area contributed by atoms with Gasteiger partial charge in [-0.2, -0.15) is 4.31 Å². The van der Waals surface area contributed by atoms with Gasteiger partial charge in [-0.1, -0.05) is 38.1 Å². The third kappa shape index (κ3) is 4.54. The van der Waals surface area contributed by atoms with Crippen molar-refractivity contribution in [2.24, 2.45) is 0 Å². The minimum absolute atomic E-state index is 0.0379. The van der Waals surface area contributed by atoms with Gasteiger partial charge in [0.1, 0.15) is 5.75 Å². The average molecular weight is 403 g/mol. The lowest BCUT2D eigenvalue weighted by Gasteiger charge is -2.34. The van der Waals surface area contributed by atoms with Crippen molar-refractivity contribution in [3.05, 3.63) is 59.7 Å². The van der Waals surface area contributed by atoms with E-state index in [2.05, 4.69) is 13.8 Å². The van der Waals surface area contributed by atoms with Crippen molar-refractivity contribution in [3.63, 3.8) is 0 Å². The number of amides is 1. The molecular weight excluding hydrogens is 376 g/mol. The zero-order valence-corrected chi connectivity index (χ0v) is 17.0.